The van der Waals surface area contributed by atoms with Crippen LogP contribution in [0.1, 0.15) is 12.8 Å². The molecule has 1 N–H and O–H groups in total. The average molecular weight is 587 g/mol. The van der Waals surface area contributed by atoms with Crippen LogP contribution in [0.15, 0.2) is 121 Å². The summed E-state index contributed by atoms with van der Waals surface area (Å²) in [6, 6.07) is 37.4. The quantitative estimate of drug-likeness (QED) is 0.236. The molecule has 0 atom stereocenters. The van der Waals surface area contributed by atoms with Crippen LogP contribution in [0.4, 0.5) is 0 Å². The predicted molar refractivity (Wildman–Crippen MR) is 169 cm³/mol. The van der Waals surface area contributed by atoms with Crippen molar-refractivity contribution >= 4 is 47.3 Å². The van der Waals surface area contributed by atoms with Gasteiger partial charge in [-0.25, -0.2) is 0 Å². The Bertz CT molecular complexity index is 1330. The lowest BCUT2D eigenvalue weighted by Crippen LogP contribution is -2.38. The monoisotopic (exact) mass is 586 g/mol. The van der Waals surface area contributed by atoms with Crippen molar-refractivity contribution in [2.75, 3.05) is 32.5 Å². The van der Waals surface area contributed by atoms with Crippen molar-refractivity contribution in [2.45, 2.75) is 12.8 Å². The summed E-state index contributed by atoms with van der Waals surface area (Å²) in [5, 5.41) is 5.46. The molecule has 0 heterocycles. The highest BCUT2D eigenvalue weighted by Gasteiger charge is 2.31. The van der Waals surface area contributed by atoms with Crippen LogP contribution in [0.2, 0.25) is 0 Å². The Balaban J connectivity index is 1.64. The van der Waals surface area contributed by atoms with Gasteiger partial charge in [-0.15, -0.1) is 0 Å². The van der Waals surface area contributed by atoms with Crippen LogP contribution in [0.5, 0.6) is 0 Å². The molecule has 0 bridgehead atoms. The van der Waals surface area contributed by atoms with Crippen molar-refractivity contribution in [2.24, 2.45) is 0 Å². The van der Waals surface area contributed by atoms with Crippen molar-refractivity contribution in [1.29, 1.82) is 0 Å². The van der Waals surface area contributed by atoms with Gasteiger partial charge in [0, 0.05) is 66.5 Å². The summed E-state index contributed by atoms with van der Waals surface area (Å²) in [7, 11) is -4.63. The van der Waals surface area contributed by atoms with Crippen LogP contribution in [0, 0.1) is 0 Å². The summed E-state index contributed by atoms with van der Waals surface area (Å²) in [5.41, 5.74) is 0. The summed E-state index contributed by atoms with van der Waals surface area (Å²) >= 11 is 0. The minimum Gasteiger partial charge on any atom is -0.359 e. The third-order valence-electron chi connectivity index (χ3n) is 7.26. The number of hydrogen-bond donors (Lipinski definition) is 1. The molecule has 2 amide bonds. The maximum Gasteiger partial charge on any atom is 0.223 e. The second-order valence-corrected chi connectivity index (χ2v) is 15.7. The van der Waals surface area contributed by atoms with Gasteiger partial charge in [0.25, 0.3) is 0 Å². The van der Waals surface area contributed by atoms with E-state index in [1.54, 1.807) is 4.90 Å². The molecule has 41 heavy (non-hydrogen) atoms. The normalized spacial score (nSPS) is 11.5. The first-order chi connectivity index (χ1) is 19.9. The Hall–Kier alpha value is -3.72. The van der Waals surface area contributed by atoms with Crippen molar-refractivity contribution in [1.82, 2.24) is 10.2 Å². The maximum atomic E-state index is 14.6. The van der Waals surface area contributed by atoms with Gasteiger partial charge in [0.05, 0.1) is 0 Å². The second kappa shape index (κ2) is 14.3. The van der Waals surface area contributed by atoms with Gasteiger partial charge < -0.3 is 19.3 Å². The van der Waals surface area contributed by atoms with Crippen LogP contribution in [-0.2, 0) is 18.7 Å². The van der Waals surface area contributed by atoms with Crippen LogP contribution in [0.3, 0.4) is 0 Å². The number of benzene rings is 4. The molecule has 0 unspecified atom stereocenters. The lowest BCUT2D eigenvalue weighted by Gasteiger charge is -2.28. The molecule has 4 aromatic rings. The molecule has 0 saturated heterocycles. The third kappa shape index (κ3) is 7.52. The fraction of sp³-hybridized carbons (Fsp3) is 0.212. The predicted octanol–water partition coefficient (Wildman–Crippen LogP) is 4.37. The van der Waals surface area contributed by atoms with E-state index in [2.05, 4.69) is 5.32 Å². The fourth-order valence-corrected chi connectivity index (χ4v) is 10.2. The van der Waals surface area contributed by atoms with Crippen molar-refractivity contribution in [3.63, 3.8) is 0 Å². The van der Waals surface area contributed by atoms with Crippen LogP contribution in [-0.4, -0.2) is 49.2 Å². The molecule has 0 aliphatic rings. The van der Waals surface area contributed by atoms with E-state index in [0.29, 0.717) is 0 Å². The Labute approximate surface area is 242 Å². The molecular formula is C33H36N2O4P2. The zero-order valence-corrected chi connectivity index (χ0v) is 25.1. The Morgan fingerprint density at radius 2 is 0.878 bits per heavy atom. The first-order valence-corrected chi connectivity index (χ1v) is 17.5. The fourth-order valence-electron chi connectivity index (χ4n) is 4.88. The van der Waals surface area contributed by atoms with Crippen LogP contribution >= 0.6 is 14.3 Å². The molecule has 0 aliphatic carbocycles. The minimum atomic E-state index is -3.08. The highest BCUT2D eigenvalue weighted by Crippen LogP contribution is 2.45. The van der Waals surface area contributed by atoms with E-state index < -0.39 is 14.3 Å². The number of nitrogens with zero attached hydrogens (tertiary/aromatic N) is 1. The number of hydrogen-bond acceptors (Lipinski definition) is 4. The number of carbonyl (C=O) groups excluding carboxylic acids is 2. The van der Waals surface area contributed by atoms with E-state index in [4.69, 9.17) is 0 Å². The van der Waals surface area contributed by atoms with Gasteiger partial charge in [0.2, 0.25) is 11.8 Å². The lowest BCUT2D eigenvalue weighted by atomic mass is 10.2. The van der Waals surface area contributed by atoms with Gasteiger partial charge in [-0.05, 0) is 0 Å². The topological polar surface area (TPSA) is 83.6 Å². The maximum absolute atomic E-state index is 14.6. The largest absolute Gasteiger partial charge is 0.359 e. The number of carbonyl (C=O) groups is 2. The molecule has 0 saturated carbocycles. The summed E-state index contributed by atoms with van der Waals surface area (Å²) in [5.74, 6) is -0.453. The molecule has 0 aliphatic heterocycles. The first kappa shape index (κ1) is 30.2. The molecule has 0 radical (unpaired) electrons. The minimum absolute atomic E-state index is 0.0155. The summed E-state index contributed by atoms with van der Waals surface area (Å²) in [6.07, 6.45) is 0.527. The Morgan fingerprint density at radius 1 is 0.561 bits per heavy atom. The van der Waals surface area contributed by atoms with E-state index in [0.717, 1.165) is 21.2 Å². The van der Waals surface area contributed by atoms with Crippen LogP contribution < -0.4 is 26.5 Å². The number of rotatable bonds is 13. The average Bonchev–Trinajstić information content (AvgIpc) is 3.04. The molecule has 212 valence electrons. The standard InChI is InChI=1S/C33H36N2O4P2/c1-34-32(36)22-23-33(37)35(24-26-40(38,28-14-6-2-7-15-28)29-16-8-3-9-17-29)25-27-41(39,30-18-10-4-11-19-30)31-20-12-5-13-21-31/h2-21H,22-27H2,1H3,(H,34,36). The van der Waals surface area contributed by atoms with Crippen molar-refractivity contribution in [3.8, 4) is 0 Å². The second-order valence-electron chi connectivity index (χ2n) is 9.82. The van der Waals surface area contributed by atoms with Gasteiger partial charge in [0.1, 0.15) is 14.3 Å². The highest BCUT2D eigenvalue weighted by molar-refractivity contribution is 7.79. The Morgan fingerprint density at radius 3 is 1.17 bits per heavy atom. The number of nitrogens with one attached hydrogen (secondary N) is 1. The molecular weight excluding hydrogens is 550 g/mol. The summed E-state index contributed by atoms with van der Waals surface area (Å²) < 4.78 is 29.3. The molecule has 0 fully saturated rings. The van der Waals surface area contributed by atoms with Gasteiger partial charge in [-0.3, -0.25) is 9.59 Å². The molecule has 4 rings (SSSR count). The molecule has 4 aromatic carbocycles. The van der Waals surface area contributed by atoms with Crippen LogP contribution in [0.25, 0.3) is 0 Å². The van der Waals surface area contributed by atoms with Gasteiger partial charge in [0.15, 0.2) is 0 Å². The molecule has 6 nitrogen and oxygen atoms in total. The number of amides is 2. The van der Waals surface area contributed by atoms with E-state index in [9.17, 15) is 18.7 Å². The van der Waals surface area contributed by atoms with Gasteiger partial charge in [-0.1, -0.05) is 121 Å². The van der Waals surface area contributed by atoms with E-state index in [1.165, 1.54) is 7.05 Å². The van der Waals surface area contributed by atoms with Crippen molar-refractivity contribution in [3.05, 3.63) is 121 Å². The smallest absolute Gasteiger partial charge is 0.223 e. The molecule has 8 heteroatoms. The Kier molecular flexibility index (Phi) is 10.5. The van der Waals surface area contributed by atoms with Gasteiger partial charge >= 0.3 is 0 Å². The zero-order chi connectivity index (χ0) is 29.1. The van der Waals surface area contributed by atoms with Gasteiger partial charge in [-0.2, -0.15) is 0 Å². The van der Waals surface area contributed by atoms with E-state index >= 15 is 0 Å². The third-order valence-corrected chi connectivity index (χ3v) is 13.4. The van der Waals surface area contributed by atoms with E-state index in [-0.39, 0.29) is 50.1 Å². The highest BCUT2D eigenvalue weighted by atomic mass is 31.2. The molecule has 0 aromatic heterocycles. The molecule has 0 spiro atoms. The zero-order valence-electron chi connectivity index (χ0n) is 23.3. The van der Waals surface area contributed by atoms with E-state index in [1.807, 2.05) is 121 Å². The summed E-state index contributed by atoms with van der Waals surface area (Å²) in [6.45, 7) is 0.411. The van der Waals surface area contributed by atoms with Crippen molar-refractivity contribution < 1.29 is 18.7 Å². The lowest BCUT2D eigenvalue weighted by molar-refractivity contribution is -0.133. The SMILES string of the molecule is CNC(=O)CCC(=O)N(CCP(=O)(c1ccccc1)c1ccccc1)CCP(=O)(c1ccccc1)c1ccccc1. The summed E-state index contributed by atoms with van der Waals surface area (Å²) in [4.78, 5) is 27.1. The first-order valence-electron chi connectivity index (χ1n) is 13.8.